The Morgan fingerprint density at radius 3 is 1.98 bits per heavy atom. The molecule has 5 heterocycles. The van der Waals surface area contributed by atoms with E-state index in [4.69, 9.17) is 9.97 Å². The molecule has 0 atom stereocenters. The molecule has 0 aliphatic carbocycles. The highest BCUT2D eigenvalue weighted by Gasteiger charge is 2.21. The molecule has 0 radical (unpaired) electrons. The average Bonchev–Trinajstić information content (AvgIpc) is 3.73. The molecule has 8 aromatic rings. The van der Waals surface area contributed by atoms with Crippen LogP contribution >= 0.6 is 0 Å². The van der Waals surface area contributed by atoms with Crippen LogP contribution in [0.3, 0.4) is 0 Å². The number of benzene rings is 3. The minimum Gasteiger partial charge on any atom is -0.294 e. The first-order chi connectivity index (χ1) is 21.6. The van der Waals surface area contributed by atoms with E-state index in [-0.39, 0.29) is 10.8 Å². The molecule has 0 aliphatic rings. The Hall–Kier alpha value is -5.23. The van der Waals surface area contributed by atoms with Crippen molar-refractivity contribution in [1.29, 1.82) is 0 Å². The molecule has 0 spiro atoms. The summed E-state index contributed by atoms with van der Waals surface area (Å²) in [5, 5.41) is 12.5. The zero-order chi connectivity index (χ0) is 31.1. The smallest absolute Gasteiger partial charge is 0.146 e. The molecule has 0 aliphatic heterocycles. The third-order valence-electron chi connectivity index (χ3n) is 8.90. The van der Waals surface area contributed by atoms with E-state index in [9.17, 15) is 0 Å². The molecule has 1 N–H and O–H groups in total. The molecule has 5 aromatic heterocycles. The summed E-state index contributed by atoms with van der Waals surface area (Å²) in [5.74, 6) is 0.919. The van der Waals surface area contributed by atoms with Gasteiger partial charge in [-0.3, -0.25) is 14.2 Å². The molecule has 0 bridgehead atoms. The Labute approximate surface area is 262 Å². The third kappa shape index (κ3) is 4.35. The van der Waals surface area contributed by atoms with Crippen molar-refractivity contribution in [1.82, 2.24) is 29.3 Å². The monoisotopic (exact) mass is 588 g/mol. The normalized spacial score (nSPS) is 12.7. The van der Waals surface area contributed by atoms with Gasteiger partial charge in [0.05, 0.1) is 33.6 Å². The Morgan fingerprint density at radius 1 is 0.600 bits per heavy atom. The van der Waals surface area contributed by atoms with Gasteiger partial charge < -0.3 is 0 Å². The fraction of sp³-hybridized carbons (Fsp3) is 0.205. The van der Waals surface area contributed by atoms with E-state index in [2.05, 4.69) is 158 Å². The lowest BCUT2D eigenvalue weighted by Crippen LogP contribution is -2.12. The molecule has 6 nitrogen and oxygen atoms in total. The van der Waals surface area contributed by atoms with Crippen LogP contribution < -0.4 is 0 Å². The van der Waals surface area contributed by atoms with Gasteiger partial charge in [0.15, 0.2) is 0 Å². The van der Waals surface area contributed by atoms with Crippen molar-refractivity contribution >= 4 is 43.7 Å². The number of aromatic nitrogens is 6. The molecule has 0 unspecified atom stereocenters. The standard InChI is InChI=1S/C39H36N6/c1-38(2,3)24-19-20-40-36(21-24)45-33-14-10-7-11-26(33)28-16-15-25(22-34(28)45)44-32-13-9-8-12-27(32)29-17-18-30(41-37(29)44)31-23-35(43-42-31)39(4,5)6/h7-23H,1-6H3,(H,42,43). The fourth-order valence-corrected chi connectivity index (χ4v) is 6.44. The van der Waals surface area contributed by atoms with Crippen LogP contribution in [0.5, 0.6) is 0 Å². The predicted molar refractivity (Wildman–Crippen MR) is 186 cm³/mol. The highest BCUT2D eigenvalue weighted by Crippen LogP contribution is 2.37. The van der Waals surface area contributed by atoms with Crippen LogP contribution in [0, 0.1) is 0 Å². The van der Waals surface area contributed by atoms with E-state index < -0.39 is 0 Å². The van der Waals surface area contributed by atoms with Gasteiger partial charge in [-0.25, -0.2) is 9.97 Å². The highest BCUT2D eigenvalue weighted by molar-refractivity contribution is 6.11. The van der Waals surface area contributed by atoms with E-state index >= 15 is 0 Å². The summed E-state index contributed by atoms with van der Waals surface area (Å²) in [6.45, 7) is 13.2. The lowest BCUT2D eigenvalue weighted by molar-refractivity contribution is 0.567. The van der Waals surface area contributed by atoms with E-state index in [1.165, 1.54) is 21.7 Å². The summed E-state index contributed by atoms with van der Waals surface area (Å²) < 4.78 is 4.59. The van der Waals surface area contributed by atoms with Gasteiger partial charge in [-0.15, -0.1) is 0 Å². The number of aromatic amines is 1. The van der Waals surface area contributed by atoms with Crippen molar-refractivity contribution in [3.8, 4) is 22.9 Å². The van der Waals surface area contributed by atoms with Crippen LogP contribution in [0.15, 0.2) is 103 Å². The minimum atomic E-state index is -0.0527. The molecular formula is C39H36N6. The molecular weight excluding hydrogens is 552 g/mol. The summed E-state index contributed by atoms with van der Waals surface area (Å²) in [6.07, 6.45) is 1.93. The molecule has 0 saturated carbocycles. The van der Waals surface area contributed by atoms with Crippen molar-refractivity contribution in [2.45, 2.75) is 52.4 Å². The fourth-order valence-electron chi connectivity index (χ4n) is 6.44. The quantitative estimate of drug-likeness (QED) is 0.223. The molecule has 6 heteroatoms. The summed E-state index contributed by atoms with van der Waals surface area (Å²) >= 11 is 0. The van der Waals surface area contributed by atoms with Crippen molar-refractivity contribution in [2.75, 3.05) is 0 Å². The summed E-state index contributed by atoms with van der Waals surface area (Å²) in [5.41, 5.74) is 9.34. The van der Waals surface area contributed by atoms with Gasteiger partial charge in [-0.05, 0) is 65.6 Å². The van der Waals surface area contributed by atoms with Crippen molar-refractivity contribution in [2.24, 2.45) is 0 Å². The number of hydrogen-bond donors (Lipinski definition) is 1. The number of nitrogens with one attached hydrogen (secondary N) is 1. The zero-order valence-corrected chi connectivity index (χ0v) is 26.6. The Morgan fingerprint density at radius 2 is 1.27 bits per heavy atom. The zero-order valence-electron chi connectivity index (χ0n) is 26.6. The summed E-state index contributed by atoms with van der Waals surface area (Å²) in [6, 6.07) is 34.6. The van der Waals surface area contributed by atoms with Crippen molar-refractivity contribution in [3.05, 3.63) is 115 Å². The number of nitrogens with zero attached hydrogens (tertiary/aromatic N) is 5. The molecule has 8 rings (SSSR count). The second-order valence-corrected chi connectivity index (χ2v) is 14.0. The first-order valence-electron chi connectivity index (χ1n) is 15.5. The number of pyridine rings is 2. The van der Waals surface area contributed by atoms with E-state index in [1.54, 1.807) is 0 Å². The van der Waals surface area contributed by atoms with Gasteiger partial charge in [0.25, 0.3) is 0 Å². The third-order valence-corrected chi connectivity index (χ3v) is 8.90. The Balaban J connectivity index is 1.39. The van der Waals surface area contributed by atoms with Crippen LogP contribution in [0.2, 0.25) is 0 Å². The van der Waals surface area contributed by atoms with Gasteiger partial charge in [-0.2, -0.15) is 5.10 Å². The van der Waals surface area contributed by atoms with E-state index in [0.29, 0.717) is 0 Å². The lowest BCUT2D eigenvalue weighted by Gasteiger charge is -2.20. The van der Waals surface area contributed by atoms with Crippen LogP contribution in [-0.4, -0.2) is 29.3 Å². The van der Waals surface area contributed by atoms with Crippen molar-refractivity contribution < 1.29 is 0 Å². The maximum absolute atomic E-state index is 5.27. The number of rotatable bonds is 3. The van der Waals surface area contributed by atoms with Crippen LogP contribution in [-0.2, 0) is 10.8 Å². The highest BCUT2D eigenvalue weighted by atomic mass is 15.1. The Bertz CT molecular complexity index is 2400. The molecule has 45 heavy (non-hydrogen) atoms. The minimum absolute atomic E-state index is 0.0102. The summed E-state index contributed by atoms with van der Waals surface area (Å²) in [4.78, 5) is 10.2. The second kappa shape index (κ2) is 9.63. The first-order valence-corrected chi connectivity index (χ1v) is 15.5. The number of para-hydroxylation sites is 2. The van der Waals surface area contributed by atoms with E-state index in [0.717, 1.165) is 56.2 Å². The first kappa shape index (κ1) is 27.3. The van der Waals surface area contributed by atoms with Gasteiger partial charge >= 0.3 is 0 Å². The second-order valence-electron chi connectivity index (χ2n) is 14.0. The molecule has 3 aromatic carbocycles. The molecule has 222 valence electrons. The van der Waals surface area contributed by atoms with Crippen LogP contribution in [0.4, 0.5) is 0 Å². The molecule has 0 saturated heterocycles. The largest absolute Gasteiger partial charge is 0.294 e. The maximum atomic E-state index is 5.27. The van der Waals surface area contributed by atoms with Crippen molar-refractivity contribution in [3.63, 3.8) is 0 Å². The average molecular weight is 589 g/mol. The predicted octanol–water partition coefficient (Wildman–Crippen LogP) is 9.66. The van der Waals surface area contributed by atoms with Gasteiger partial charge in [-0.1, -0.05) is 84.0 Å². The topological polar surface area (TPSA) is 64.3 Å². The van der Waals surface area contributed by atoms with Gasteiger partial charge in [0.2, 0.25) is 0 Å². The van der Waals surface area contributed by atoms with E-state index in [1.807, 2.05) is 6.20 Å². The number of fused-ring (bicyclic) bond motifs is 6. The lowest BCUT2D eigenvalue weighted by atomic mass is 9.88. The summed E-state index contributed by atoms with van der Waals surface area (Å²) in [7, 11) is 0. The Kier molecular flexibility index (Phi) is 5.85. The number of hydrogen-bond acceptors (Lipinski definition) is 3. The molecule has 0 amide bonds. The van der Waals surface area contributed by atoms with Crippen LogP contribution in [0.1, 0.15) is 52.8 Å². The van der Waals surface area contributed by atoms with Gasteiger partial charge in [0.1, 0.15) is 11.5 Å². The maximum Gasteiger partial charge on any atom is 0.146 e. The SMILES string of the molecule is CC(C)(C)c1ccnc(-n2c3ccccc3c3ccc(-n4c5ccccc5c5ccc(-c6cc(C(C)(C)C)n[nH]6)nc54)cc32)c1. The van der Waals surface area contributed by atoms with Crippen LogP contribution in [0.25, 0.3) is 66.6 Å². The number of H-pyrrole nitrogens is 1. The van der Waals surface area contributed by atoms with Gasteiger partial charge in [0, 0.05) is 38.8 Å². The molecule has 0 fully saturated rings.